The predicted octanol–water partition coefficient (Wildman–Crippen LogP) is -0.942. The molecule has 0 spiro atoms. The minimum atomic E-state index is -3.48. The normalized spacial score (nSPS) is 14.8. The van der Waals surface area contributed by atoms with Gasteiger partial charge in [-0.1, -0.05) is 0 Å². The zero-order valence-corrected chi connectivity index (χ0v) is 15.4. The van der Waals surface area contributed by atoms with Crippen molar-refractivity contribution in [2.45, 2.75) is 45.7 Å². The Bertz CT molecular complexity index is 265. The van der Waals surface area contributed by atoms with Gasteiger partial charge < -0.3 is 42.6 Å². The van der Waals surface area contributed by atoms with E-state index in [-0.39, 0.29) is 36.2 Å². The zero-order valence-electron chi connectivity index (χ0n) is 12.4. The SMILES string of the molecule is CC(C)OP(=O)(OC(C)C)C(O)C[N+](C)(C)C.[I-]. The molecule has 0 fully saturated rings. The van der Waals surface area contributed by atoms with Crippen LogP contribution in [0.3, 0.4) is 0 Å². The van der Waals surface area contributed by atoms with Crippen LogP contribution in [0.5, 0.6) is 0 Å². The number of hydrogen-bond donors (Lipinski definition) is 1. The number of aliphatic hydroxyl groups excluding tert-OH is 1. The molecule has 0 rings (SSSR count). The Kier molecular flexibility index (Phi) is 9.58. The van der Waals surface area contributed by atoms with Crippen molar-refractivity contribution in [3.63, 3.8) is 0 Å². The van der Waals surface area contributed by atoms with Gasteiger partial charge in [0.15, 0.2) is 0 Å². The van der Waals surface area contributed by atoms with Gasteiger partial charge in [0.05, 0.1) is 33.4 Å². The third-order valence-corrected chi connectivity index (χ3v) is 4.12. The molecule has 112 valence electrons. The van der Waals surface area contributed by atoms with Gasteiger partial charge in [0.25, 0.3) is 0 Å². The van der Waals surface area contributed by atoms with Gasteiger partial charge in [-0.05, 0) is 27.7 Å². The summed E-state index contributed by atoms with van der Waals surface area (Å²) in [6.45, 7) is 7.41. The van der Waals surface area contributed by atoms with Crippen LogP contribution >= 0.6 is 7.60 Å². The van der Waals surface area contributed by atoms with Crippen molar-refractivity contribution < 1.29 is 47.2 Å². The van der Waals surface area contributed by atoms with Crippen LogP contribution in [0.25, 0.3) is 0 Å². The summed E-state index contributed by atoms with van der Waals surface area (Å²) >= 11 is 0. The van der Waals surface area contributed by atoms with E-state index < -0.39 is 13.4 Å². The molecule has 0 aliphatic rings. The molecular weight excluding hydrogens is 368 g/mol. The summed E-state index contributed by atoms with van der Waals surface area (Å²) in [4.78, 5) is 0. The molecule has 0 aromatic rings. The summed E-state index contributed by atoms with van der Waals surface area (Å²) in [5.74, 6) is -1.10. The lowest BCUT2D eigenvalue weighted by molar-refractivity contribution is -0.872. The Labute approximate surface area is 128 Å². The van der Waals surface area contributed by atoms with Gasteiger partial charge in [0.1, 0.15) is 6.54 Å². The van der Waals surface area contributed by atoms with Crippen LogP contribution in [0.4, 0.5) is 0 Å². The Morgan fingerprint density at radius 1 is 1.06 bits per heavy atom. The lowest BCUT2D eigenvalue weighted by Gasteiger charge is -2.31. The first-order valence-corrected chi connectivity index (χ1v) is 7.52. The summed E-state index contributed by atoms with van der Waals surface area (Å²) < 4.78 is 23.7. The monoisotopic (exact) mass is 395 g/mol. The maximum Gasteiger partial charge on any atom is 0.365 e. The molecule has 1 atom stereocenters. The van der Waals surface area contributed by atoms with Crippen molar-refractivity contribution in [1.29, 1.82) is 0 Å². The topological polar surface area (TPSA) is 55.8 Å². The van der Waals surface area contributed by atoms with Gasteiger partial charge in [0, 0.05) is 0 Å². The van der Waals surface area contributed by atoms with Crippen LogP contribution in [0.1, 0.15) is 27.7 Å². The number of rotatable bonds is 7. The first-order chi connectivity index (χ1) is 7.46. The Hall–Kier alpha value is 0.800. The lowest BCUT2D eigenvalue weighted by Crippen LogP contribution is -3.00. The van der Waals surface area contributed by atoms with Crippen molar-refractivity contribution in [3.8, 4) is 0 Å². The van der Waals surface area contributed by atoms with E-state index in [4.69, 9.17) is 9.05 Å². The number of aliphatic hydroxyl groups is 1. The third kappa shape index (κ3) is 8.82. The second kappa shape index (κ2) is 8.17. The molecule has 0 aliphatic carbocycles. The number of likely N-dealkylation sites (N-methyl/N-ethyl adjacent to an activating group) is 1. The molecule has 0 saturated heterocycles. The molecule has 7 heteroatoms. The van der Waals surface area contributed by atoms with E-state index in [0.717, 1.165) is 0 Å². The highest BCUT2D eigenvalue weighted by Gasteiger charge is 2.40. The fourth-order valence-corrected chi connectivity index (χ4v) is 3.54. The van der Waals surface area contributed by atoms with Crippen LogP contribution in [-0.2, 0) is 13.6 Å². The maximum atomic E-state index is 12.5. The lowest BCUT2D eigenvalue weighted by atomic mass is 10.5. The van der Waals surface area contributed by atoms with Crippen LogP contribution in [0, 0.1) is 0 Å². The molecule has 0 aromatic carbocycles. The molecule has 0 bridgehead atoms. The van der Waals surface area contributed by atoms with Gasteiger partial charge in [0.2, 0.25) is 5.85 Å². The number of quaternary nitrogens is 1. The fraction of sp³-hybridized carbons (Fsp3) is 1.00. The second-order valence-electron chi connectivity index (χ2n) is 5.80. The average molecular weight is 395 g/mol. The summed E-state index contributed by atoms with van der Waals surface area (Å²) in [5, 5.41) is 10.1. The fourth-order valence-electron chi connectivity index (χ4n) is 1.34. The summed E-state index contributed by atoms with van der Waals surface area (Å²) in [6.07, 6.45) is -0.497. The van der Waals surface area contributed by atoms with Gasteiger partial charge in [-0.25, -0.2) is 0 Å². The van der Waals surface area contributed by atoms with Crippen LogP contribution < -0.4 is 24.0 Å². The van der Waals surface area contributed by atoms with Crippen LogP contribution in [0.15, 0.2) is 0 Å². The van der Waals surface area contributed by atoms with Gasteiger partial charge >= 0.3 is 7.60 Å². The van der Waals surface area contributed by atoms with Crippen molar-refractivity contribution in [2.24, 2.45) is 0 Å². The second-order valence-corrected chi connectivity index (χ2v) is 7.90. The van der Waals surface area contributed by atoms with E-state index in [1.165, 1.54) is 0 Å². The Balaban J connectivity index is 0. The largest absolute Gasteiger partial charge is 1.00 e. The van der Waals surface area contributed by atoms with E-state index in [1.807, 2.05) is 21.1 Å². The van der Waals surface area contributed by atoms with Gasteiger partial charge in [-0.2, -0.15) is 0 Å². The molecular formula is C11H27INO4P. The van der Waals surface area contributed by atoms with Crippen molar-refractivity contribution in [3.05, 3.63) is 0 Å². The van der Waals surface area contributed by atoms with E-state index >= 15 is 0 Å². The summed E-state index contributed by atoms with van der Waals surface area (Å²) in [5.41, 5.74) is 0. The molecule has 1 unspecified atom stereocenters. The first kappa shape index (κ1) is 21.1. The Morgan fingerprint density at radius 2 is 1.39 bits per heavy atom. The molecule has 0 saturated carbocycles. The van der Waals surface area contributed by atoms with Crippen LogP contribution in [-0.4, -0.2) is 55.3 Å². The van der Waals surface area contributed by atoms with E-state index in [9.17, 15) is 9.67 Å². The highest BCUT2D eigenvalue weighted by Crippen LogP contribution is 2.54. The average Bonchev–Trinajstić information content (AvgIpc) is 1.96. The number of hydrogen-bond acceptors (Lipinski definition) is 4. The van der Waals surface area contributed by atoms with E-state index in [1.54, 1.807) is 27.7 Å². The van der Waals surface area contributed by atoms with E-state index in [2.05, 4.69) is 0 Å². The molecule has 1 N–H and O–H groups in total. The van der Waals surface area contributed by atoms with Gasteiger partial charge in [-0.15, -0.1) is 0 Å². The van der Waals surface area contributed by atoms with Crippen molar-refractivity contribution in [1.82, 2.24) is 0 Å². The third-order valence-electron chi connectivity index (χ3n) is 1.79. The molecule has 0 aliphatic heterocycles. The van der Waals surface area contributed by atoms with Crippen molar-refractivity contribution >= 4 is 7.60 Å². The molecule has 0 amide bonds. The molecule has 0 radical (unpaired) electrons. The highest BCUT2D eigenvalue weighted by molar-refractivity contribution is 7.54. The minimum absolute atomic E-state index is 0. The molecule has 0 heterocycles. The quantitative estimate of drug-likeness (QED) is 0.344. The zero-order chi connectivity index (χ0) is 13.9. The summed E-state index contributed by atoms with van der Waals surface area (Å²) in [7, 11) is 2.27. The van der Waals surface area contributed by atoms with E-state index in [0.29, 0.717) is 11.0 Å². The molecule has 18 heavy (non-hydrogen) atoms. The number of halogens is 1. The Morgan fingerprint density at radius 3 is 1.61 bits per heavy atom. The first-order valence-electron chi connectivity index (χ1n) is 5.91. The summed E-state index contributed by atoms with van der Waals surface area (Å²) in [6, 6.07) is 0. The standard InChI is InChI=1S/C11H27NO4P.HI/c1-9(2)15-17(14,16-10(3)4)11(13)8-12(5,6)7;/h9-11,13H,8H2,1-7H3;1H/q+1;/p-1. The van der Waals surface area contributed by atoms with Crippen molar-refractivity contribution in [2.75, 3.05) is 27.7 Å². The van der Waals surface area contributed by atoms with Crippen LogP contribution in [0.2, 0.25) is 0 Å². The highest BCUT2D eigenvalue weighted by atomic mass is 127. The molecule has 0 aromatic heterocycles. The van der Waals surface area contributed by atoms with Gasteiger partial charge in [-0.3, -0.25) is 4.57 Å². The minimum Gasteiger partial charge on any atom is -1.00 e. The maximum absolute atomic E-state index is 12.5. The predicted molar refractivity (Wildman–Crippen MR) is 69.0 cm³/mol. The smallest absolute Gasteiger partial charge is 0.365 e. The molecule has 5 nitrogen and oxygen atoms in total. The number of nitrogens with zero attached hydrogens (tertiary/aromatic N) is 1.